The number of aliphatic hydroxyl groups is 1. The number of halogens is 1. The molecule has 0 spiro atoms. The van der Waals surface area contributed by atoms with E-state index in [9.17, 15) is 9.18 Å². The predicted octanol–water partition coefficient (Wildman–Crippen LogP) is 3.34. The molecule has 2 N–H and O–H groups in total. The third-order valence-corrected chi connectivity index (χ3v) is 4.77. The number of hydrogen-bond acceptors (Lipinski definition) is 6. The lowest BCUT2D eigenvalue weighted by molar-refractivity contribution is -0.121. The first-order valence-electron chi connectivity index (χ1n) is 8.36. The maximum absolute atomic E-state index is 13.1. The van der Waals surface area contributed by atoms with Gasteiger partial charge in [0.25, 0.3) is 0 Å². The number of aromatic nitrogens is 2. The molecule has 2 aromatic rings. The number of nitrogens with one attached hydrogen (secondary N) is 1. The first-order chi connectivity index (χ1) is 11.9. The number of aryl methyl sites for hydroxylation is 1. The Labute approximate surface area is 151 Å². The molecule has 136 valence electrons. The molecule has 25 heavy (non-hydrogen) atoms. The van der Waals surface area contributed by atoms with Gasteiger partial charge in [0.05, 0.1) is 0 Å². The van der Waals surface area contributed by atoms with E-state index < -0.39 is 0 Å². The highest BCUT2D eigenvalue weighted by Gasteiger charge is 2.21. The predicted molar refractivity (Wildman–Crippen MR) is 97.5 cm³/mol. The highest BCUT2D eigenvalue weighted by Crippen LogP contribution is 2.24. The maximum atomic E-state index is 13.1. The average molecular weight is 365 g/mol. The molecule has 0 unspecified atom stereocenters. The van der Waals surface area contributed by atoms with Crippen molar-refractivity contribution in [3.05, 3.63) is 41.5 Å². The summed E-state index contributed by atoms with van der Waals surface area (Å²) in [7, 11) is 0. The largest absolute Gasteiger partial charge is 0.389 e. The van der Waals surface area contributed by atoms with Crippen molar-refractivity contribution in [2.75, 3.05) is 18.5 Å². The summed E-state index contributed by atoms with van der Waals surface area (Å²) in [5.74, 6) is 0.405. The molecule has 1 aromatic carbocycles. The molecule has 0 radical (unpaired) electrons. The van der Waals surface area contributed by atoms with Crippen molar-refractivity contribution in [1.29, 1.82) is 0 Å². The minimum atomic E-state index is -0.382. The fraction of sp³-hybridized carbons (Fsp3) is 0.500. The van der Waals surface area contributed by atoms with E-state index in [0.717, 1.165) is 35.8 Å². The highest BCUT2D eigenvalue weighted by molar-refractivity contribution is 7.09. The number of aliphatic hydroxyl groups excluding tert-OH is 1. The van der Waals surface area contributed by atoms with Gasteiger partial charge in [0.15, 0.2) is 5.78 Å². The standard InChI is InChI=1S/C18H24FN3O2S/c1-18(2,13-7-9-14(19)10-8-13)12-20-17-21-16(22-25-17)6-4-3-5-15(24)11-23/h7-10,23H,3-6,11-12H2,1-2H3,(H,20,21,22). The number of anilines is 1. The van der Waals surface area contributed by atoms with Crippen LogP contribution in [0.5, 0.6) is 0 Å². The fourth-order valence-corrected chi connectivity index (χ4v) is 3.02. The molecule has 5 nitrogen and oxygen atoms in total. The number of unbranched alkanes of at least 4 members (excludes halogenated alkanes) is 1. The SMILES string of the molecule is CC(C)(CNc1nc(CCCCC(=O)CO)ns1)c1ccc(F)cc1. The number of carbonyl (C=O) groups excluding carboxylic acids is 1. The summed E-state index contributed by atoms with van der Waals surface area (Å²) >= 11 is 1.32. The second-order valence-electron chi connectivity index (χ2n) is 6.66. The molecular formula is C18H24FN3O2S. The van der Waals surface area contributed by atoms with Gasteiger partial charge in [0.2, 0.25) is 5.13 Å². The van der Waals surface area contributed by atoms with Crippen molar-refractivity contribution in [3.8, 4) is 0 Å². The number of carbonyl (C=O) groups is 1. The van der Waals surface area contributed by atoms with Crippen LogP contribution >= 0.6 is 11.5 Å². The van der Waals surface area contributed by atoms with Crippen molar-refractivity contribution in [1.82, 2.24) is 9.36 Å². The van der Waals surface area contributed by atoms with E-state index in [2.05, 4.69) is 28.5 Å². The van der Waals surface area contributed by atoms with E-state index in [0.29, 0.717) is 13.0 Å². The van der Waals surface area contributed by atoms with E-state index in [1.165, 1.54) is 23.7 Å². The van der Waals surface area contributed by atoms with Gasteiger partial charge in [-0.15, -0.1) is 0 Å². The lowest BCUT2D eigenvalue weighted by Gasteiger charge is -2.25. The van der Waals surface area contributed by atoms with Crippen LogP contribution in [0.4, 0.5) is 9.52 Å². The van der Waals surface area contributed by atoms with Crippen LogP contribution < -0.4 is 5.32 Å². The molecule has 0 amide bonds. The van der Waals surface area contributed by atoms with Gasteiger partial charge in [-0.05, 0) is 30.5 Å². The number of nitrogens with zero attached hydrogens (tertiary/aromatic N) is 2. The maximum Gasteiger partial charge on any atom is 0.202 e. The van der Waals surface area contributed by atoms with Gasteiger partial charge in [0.1, 0.15) is 18.2 Å². The van der Waals surface area contributed by atoms with Crippen LogP contribution in [0.1, 0.15) is 44.5 Å². The number of rotatable bonds is 10. The third-order valence-electron chi connectivity index (χ3n) is 4.06. The van der Waals surface area contributed by atoms with E-state index in [1.54, 1.807) is 12.1 Å². The smallest absolute Gasteiger partial charge is 0.202 e. The molecule has 2 rings (SSSR count). The summed E-state index contributed by atoms with van der Waals surface area (Å²) in [6.45, 7) is 4.46. The van der Waals surface area contributed by atoms with Gasteiger partial charge in [-0.25, -0.2) is 9.37 Å². The summed E-state index contributed by atoms with van der Waals surface area (Å²) < 4.78 is 17.4. The topological polar surface area (TPSA) is 75.1 Å². The van der Waals surface area contributed by atoms with Gasteiger partial charge in [0, 0.05) is 36.3 Å². The van der Waals surface area contributed by atoms with Gasteiger partial charge in [-0.2, -0.15) is 4.37 Å². The van der Waals surface area contributed by atoms with Crippen molar-refractivity contribution >= 4 is 22.4 Å². The quantitative estimate of drug-likeness (QED) is 0.632. The summed E-state index contributed by atoms with van der Waals surface area (Å²) in [6.07, 6.45) is 2.68. The fourth-order valence-electron chi connectivity index (χ4n) is 2.41. The van der Waals surface area contributed by atoms with Crippen LogP contribution in [-0.4, -0.2) is 33.4 Å². The van der Waals surface area contributed by atoms with Crippen LogP contribution in [0.25, 0.3) is 0 Å². The zero-order valence-electron chi connectivity index (χ0n) is 14.6. The Morgan fingerprint density at radius 2 is 2.00 bits per heavy atom. The molecule has 0 aliphatic carbocycles. The lowest BCUT2D eigenvalue weighted by atomic mass is 9.85. The van der Waals surface area contributed by atoms with E-state index >= 15 is 0 Å². The van der Waals surface area contributed by atoms with Crippen LogP contribution in [0.15, 0.2) is 24.3 Å². The Balaban J connectivity index is 1.80. The zero-order valence-corrected chi connectivity index (χ0v) is 15.4. The Morgan fingerprint density at radius 1 is 1.28 bits per heavy atom. The minimum Gasteiger partial charge on any atom is -0.389 e. The van der Waals surface area contributed by atoms with Gasteiger partial charge in [-0.1, -0.05) is 26.0 Å². The van der Waals surface area contributed by atoms with Crippen LogP contribution in [0, 0.1) is 5.82 Å². The Bertz CT molecular complexity index is 686. The third kappa shape index (κ3) is 6.17. The van der Waals surface area contributed by atoms with Gasteiger partial charge >= 0.3 is 0 Å². The molecule has 0 bridgehead atoms. The Kier molecular flexibility index (Phi) is 7.01. The summed E-state index contributed by atoms with van der Waals surface area (Å²) in [5.41, 5.74) is 0.893. The van der Waals surface area contributed by atoms with Crippen molar-refractivity contribution in [3.63, 3.8) is 0 Å². The number of benzene rings is 1. The van der Waals surface area contributed by atoms with Gasteiger partial charge < -0.3 is 10.4 Å². The molecular weight excluding hydrogens is 341 g/mol. The molecule has 7 heteroatoms. The molecule has 0 saturated carbocycles. The molecule has 1 aromatic heterocycles. The minimum absolute atomic E-state index is 0.128. The molecule has 1 heterocycles. The Morgan fingerprint density at radius 3 is 2.68 bits per heavy atom. The summed E-state index contributed by atoms with van der Waals surface area (Å²) in [6, 6.07) is 6.55. The zero-order chi connectivity index (χ0) is 18.3. The summed E-state index contributed by atoms with van der Waals surface area (Å²) in [5, 5.41) is 12.7. The summed E-state index contributed by atoms with van der Waals surface area (Å²) in [4.78, 5) is 15.5. The lowest BCUT2D eigenvalue weighted by Crippen LogP contribution is -2.27. The van der Waals surface area contributed by atoms with Crippen LogP contribution in [0.2, 0.25) is 0 Å². The molecule has 0 fully saturated rings. The number of ketones is 1. The van der Waals surface area contributed by atoms with Gasteiger partial charge in [-0.3, -0.25) is 4.79 Å². The van der Waals surface area contributed by atoms with E-state index in [4.69, 9.17) is 5.11 Å². The molecule has 0 saturated heterocycles. The molecule has 0 atom stereocenters. The first-order valence-corrected chi connectivity index (χ1v) is 9.13. The molecule has 0 aliphatic rings. The van der Waals surface area contributed by atoms with E-state index in [1.807, 2.05) is 0 Å². The number of hydrogen-bond donors (Lipinski definition) is 2. The first kappa shape index (κ1) is 19.5. The highest BCUT2D eigenvalue weighted by atomic mass is 32.1. The van der Waals surface area contributed by atoms with Crippen LogP contribution in [0.3, 0.4) is 0 Å². The number of Topliss-reactive ketones (excluding diaryl/α,β-unsaturated/α-hetero) is 1. The average Bonchev–Trinajstić information content (AvgIpc) is 3.05. The van der Waals surface area contributed by atoms with Crippen LogP contribution in [-0.2, 0) is 16.6 Å². The van der Waals surface area contributed by atoms with Crippen molar-refractivity contribution in [2.24, 2.45) is 0 Å². The Hall–Kier alpha value is -1.86. The monoisotopic (exact) mass is 365 g/mol. The van der Waals surface area contributed by atoms with E-state index in [-0.39, 0.29) is 23.6 Å². The van der Waals surface area contributed by atoms with Crippen molar-refractivity contribution < 1.29 is 14.3 Å². The molecule has 0 aliphatic heterocycles. The second-order valence-corrected chi connectivity index (χ2v) is 7.42. The second kappa shape index (κ2) is 9.01. The normalized spacial score (nSPS) is 11.5. The van der Waals surface area contributed by atoms with Crippen molar-refractivity contribution in [2.45, 2.75) is 44.9 Å².